The van der Waals surface area contributed by atoms with Gasteiger partial charge in [0.2, 0.25) is 0 Å². The van der Waals surface area contributed by atoms with E-state index in [2.05, 4.69) is 230 Å². The molecule has 12 rings (SSSR count). The number of para-hydroxylation sites is 1. The summed E-state index contributed by atoms with van der Waals surface area (Å²) < 4.78 is 5.92. The van der Waals surface area contributed by atoms with Crippen LogP contribution in [0.2, 0.25) is 0 Å². The van der Waals surface area contributed by atoms with Crippen molar-refractivity contribution in [1.29, 1.82) is 0 Å². The van der Waals surface area contributed by atoms with Crippen LogP contribution in [0.25, 0.3) is 66.1 Å². The summed E-state index contributed by atoms with van der Waals surface area (Å²) in [5, 5.41) is 8.51. The summed E-state index contributed by atoms with van der Waals surface area (Å²) in [4.78, 5) is 0. The molecule has 0 saturated carbocycles. The number of rotatable bonds is 6. The molecule has 0 aliphatic heterocycles. The fourth-order valence-electron chi connectivity index (χ4n) is 9.35. The molecule has 0 radical (unpaired) electrons. The van der Waals surface area contributed by atoms with Crippen molar-refractivity contribution in [3.05, 3.63) is 265 Å². The molecular weight excluding hydrogens is 739 g/mol. The van der Waals surface area contributed by atoms with E-state index in [0.717, 1.165) is 22.5 Å². The lowest BCUT2D eigenvalue weighted by Crippen LogP contribution is -2.28. The summed E-state index contributed by atoms with van der Waals surface area (Å²) in [6.07, 6.45) is 0. The number of hydrogen-bond acceptors (Lipinski definition) is 2. The molecule has 0 bridgehead atoms. The van der Waals surface area contributed by atoms with Gasteiger partial charge in [0.25, 0.3) is 0 Å². The van der Waals surface area contributed by atoms with Gasteiger partial charge in [-0.2, -0.15) is 0 Å². The third-order valence-corrected chi connectivity index (χ3v) is 12.2. The van der Waals surface area contributed by atoms with Crippen LogP contribution in [0.5, 0.6) is 0 Å². The summed E-state index contributed by atoms with van der Waals surface area (Å²) in [5.74, 6) is 0. The van der Waals surface area contributed by atoms with Gasteiger partial charge in [-0.15, -0.1) is 0 Å². The highest BCUT2D eigenvalue weighted by Crippen LogP contribution is 2.56. The number of nitrogens with one attached hydrogen (secondary N) is 1. The van der Waals surface area contributed by atoms with Crippen molar-refractivity contribution in [3.8, 4) is 33.4 Å². The Bertz CT molecular complexity index is 3270. The van der Waals surface area contributed by atoms with Crippen molar-refractivity contribution in [2.24, 2.45) is 0 Å². The van der Waals surface area contributed by atoms with Crippen LogP contribution in [0.3, 0.4) is 0 Å². The van der Waals surface area contributed by atoms with E-state index in [1.54, 1.807) is 0 Å². The van der Waals surface area contributed by atoms with Crippen LogP contribution in [0.4, 0.5) is 11.4 Å². The van der Waals surface area contributed by atoms with Gasteiger partial charge in [0.05, 0.1) is 5.41 Å². The zero-order valence-electron chi connectivity index (χ0n) is 33.5. The Morgan fingerprint density at radius 3 is 1.59 bits per heavy atom. The molecule has 288 valence electrons. The monoisotopic (exact) mass is 779 g/mol. The normalized spacial score (nSPS) is 12.4. The van der Waals surface area contributed by atoms with E-state index in [9.17, 15) is 0 Å². The third-order valence-electron chi connectivity index (χ3n) is 12.2. The van der Waals surface area contributed by atoms with Crippen molar-refractivity contribution >= 4 is 44.1 Å². The maximum atomic E-state index is 5.92. The maximum absolute atomic E-state index is 5.92. The van der Waals surface area contributed by atoms with E-state index in [4.69, 9.17) is 4.42 Å². The van der Waals surface area contributed by atoms with Crippen molar-refractivity contribution in [3.63, 3.8) is 0 Å². The molecule has 0 fully saturated rings. The van der Waals surface area contributed by atoms with E-state index in [1.165, 1.54) is 77.2 Å². The summed E-state index contributed by atoms with van der Waals surface area (Å²) in [6, 6.07) is 86.4. The predicted molar refractivity (Wildman–Crippen MR) is 256 cm³/mol. The summed E-state index contributed by atoms with van der Waals surface area (Å²) in [6.45, 7) is 0. The first-order chi connectivity index (χ1) is 30.2. The smallest absolute Gasteiger partial charge is 0.135 e. The van der Waals surface area contributed by atoms with Gasteiger partial charge in [0, 0.05) is 22.1 Å². The summed E-state index contributed by atoms with van der Waals surface area (Å²) in [7, 11) is 0. The first kappa shape index (κ1) is 36.2. The maximum Gasteiger partial charge on any atom is 0.135 e. The standard InChI is InChI=1S/C35H25N.C24H16O/c1-3-13-27(14-4-1)35(28-15-5-2-6-16-28)33-18-10-9-17-31(33)32-22-21-30(24-34(32)35)36-29-20-19-25-11-7-8-12-26(25)23-29;1-2-6-17(7-3-1)18-10-12-19(13-11-18)20-14-15-24-22(16-20)21-8-4-5-9-23(21)25-24/h1-24,36H;1-16H. The fourth-order valence-corrected chi connectivity index (χ4v) is 9.35. The van der Waals surface area contributed by atoms with Crippen molar-refractivity contribution in [1.82, 2.24) is 0 Å². The molecule has 0 amide bonds. The second-order valence-corrected chi connectivity index (χ2v) is 15.7. The van der Waals surface area contributed by atoms with Gasteiger partial charge in [-0.05, 0) is 109 Å². The number of hydrogen-bond donors (Lipinski definition) is 1. The molecule has 0 unspecified atom stereocenters. The molecule has 0 spiro atoms. The molecule has 61 heavy (non-hydrogen) atoms. The molecule has 1 aromatic heterocycles. The number of fused-ring (bicyclic) bond motifs is 7. The fraction of sp³-hybridized carbons (Fsp3) is 0.0169. The third kappa shape index (κ3) is 6.46. The van der Waals surface area contributed by atoms with E-state index in [0.29, 0.717) is 0 Å². The molecule has 0 atom stereocenters. The van der Waals surface area contributed by atoms with E-state index in [1.807, 2.05) is 18.2 Å². The lowest BCUT2D eigenvalue weighted by molar-refractivity contribution is 0.669. The molecule has 1 heterocycles. The minimum atomic E-state index is -0.379. The van der Waals surface area contributed by atoms with Gasteiger partial charge in [-0.25, -0.2) is 0 Å². The minimum Gasteiger partial charge on any atom is -0.456 e. The second-order valence-electron chi connectivity index (χ2n) is 15.7. The lowest BCUT2D eigenvalue weighted by atomic mass is 9.67. The Hall–Kier alpha value is -7.94. The molecule has 1 aliphatic carbocycles. The molecule has 11 aromatic rings. The van der Waals surface area contributed by atoms with E-state index in [-0.39, 0.29) is 5.41 Å². The van der Waals surface area contributed by atoms with Gasteiger partial charge >= 0.3 is 0 Å². The highest BCUT2D eigenvalue weighted by Gasteiger charge is 2.46. The molecule has 1 N–H and O–H groups in total. The zero-order valence-corrected chi connectivity index (χ0v) is 33.5. The Balaban J connectivity index is 0.000000147. The van der Waals surface area contributed by atoms with Crippen LogP contribution < -0.4 is 5.32 Å². The van der Waals surface area contributed by atoms with E-state index < -0.39 is 0 Å². The minimum absolute atomic E-state index is 0.379. The molecule has 2 nitrogen and oxygen atoms in total. The van der Waals surface area contributed by atoms with Crippen LogP contribution in [-0.4, -0.2) is 0 Å². The molecular formula is C59H41NO. The zero-order chi connectivity index (χ0) is 40.6. The topological polar surface area (TPSA) is 25.2 Å². The molecule has 1 aliphatic rings. The van der Waals surface area contributed by atoms with Gasteiger partial charge in [0.15, 0.2) is 0 Å². The van der Waals surface area contributed by atoms with Gasteiger partial charge in [0.1, 0.15) is 11.2 Å². The Morgan fingerprint density at radius 2 is 0.836 bits per heavy atom. The first-order valence-electron chi connectivity index (χ1n) is 20.9. The van der Waals surface area contributed by atoms with Crippen LogP contribution in [-0.2, 0) is 5.41 Å². The average Bonchev–Trinajstić information content (AvgIpc) is 3.86. The SMILES string of the molecule is c1ccc(-c2ccc(-c3ccc4oc5ccccc5c4c3)cc2)cc1.c1ccc(C2(c3ccccc3)c3ccccc3-c3ccc(Nc4ccc5ccccc5c4)cc32)cc1. The van der Waals surface area contributed by atoms with Crippen LogP contribution in [0.1, 0.15) is 22.3 Å². The predicted octanol–water partition coefficient (Wildman–Crippen LogP) is 15.9. The highest BCUT2D eigenvalue weighted by atomic mass is 16.3. The molecule has 10 aromatic carbocycles. The largest absolute Gasteiger partial charge is 0.456 e. The van der Waals surface area contributed by atoms with Gasteiger partial charge in [-0.3, -0.25) is 0 Å². The highest BCUT2D eigenvalue weighted by molar-refractivity contribution is 6.06. The Labute approximate surface area is 356 Å². The van der Waals surface area contributed by atoms with E-state index >= 15 is 0 Å². The molecule has 2 heteroatoms. The summed E-state index contributed by atoms with van der Waals surface area (Å²) in [5.41, 5.74) is 16.4. The van der Waals surface area contributed by atoms with Crippen LogP contribution in [0, 0.1) is 0 Å². The lowest BCUT2D eigenvalue weighted by Gasteiger charge is -2.34. The number of benzene rings is 10. The summed E-state index contributed by atoms with van der Waals surface area (Å²) >= 11 is 0. The van der Waals surface area contributed by atoms with Crippen molar-refractivity contribution in [2.75, 3.05) is 5.32 Å². The van der Waals surface area contributed by atoms with Crippen molar-refractivity contribution in [2.45, 2.75) is 5.41 Å². The second kappa shape index (κ2) is 15.3. The van der Waals surface area contributed by atoms with Crippen LogP contribution in [0.15, 0.2) is 247 Å². The Morgan fingerprint density at radius 1 is 0.311 bits per heavy atom. The Kier molecular flexibility index (Phi) is 9.09. The molecule has 0 saturated heterocycles. The van der Waals surface area contributed by atoms with Crippen molar-refractivity contribution < 1.29 is 4.42 Å². The van der Waals surface area contributed by atoms with Gasteiger partial charge < -0.3 is 9.73 Å². The number of furan rings is 1. The quantitative estimate of drug-likeness (QED) is 0.182. The average molecular weight is 780 g/mol. The van der Waals surface area contributed by atoms with Crippen LogP contribution >= 0.6 is 0 Å². The number of anilines is 2. The first-order valence-corrected chi connectivity index (χ1v) is 20.9. The van der Waals surface area contributed by atoms with Gasteiger partial charge in [-0.1, -0.05) is 200 Å².